The van der Waals surface area contributed by atoms with Gasteiger partial charge in [0.2, 0.25) is 5.76 Å². The first-order chi connectivity index (χ1) is 18.0. The molecule has 0 radical (unpaired) electrons. The van der Waals surface area contributed by atoms with E-state index in [0.29, 0.717) is 39.6 Å². The first kappa shape index (κ1) is 23.1. The third kappa shape index (κ3) is 4.07. The van der Waals surface area contributed by atoms with Crippen molar-refractivity contribution in [2.75, 3.05) is 4.90 Å². The zero-order chi connectivity index (χ0) is 25.5. The van der Waals surface area contributed by atoms with Gasteiger partial charge in [0.1, 0.15) is 17.9 Å². The summed E-state index contributed by atoms with van der Waals surface area (Å²) in [6.45, 7) is 2.34. The monoisotopic (exact) mass is 507 g/mol. The van der Waals surface area contributed by atoms with E-state index in [4.69, 9.17) is 20.8 Å². The van der Waals surface area contributed by atoms with Gasteiger partial charge in [-0.2, -0.15) is 0 Å². The van der Waals surface area contributed by atoms with Gasteiger partial charge in [-0.05, 0) is 60.0 Å². The van der Waals surface area contributed by atoms with Crippen molar-refractivity contribution in [3.63, 3.8) is 0 Å². The molecule has 2 heterocycles. The molecular formula is C31H22ClNO4. The number of amides is 1. The van der Waals surface area contributed by atoms with Crippen LogP contribution in [0, 0.1) is 6.92 Å². The number of hydrogen-bond donors (Lipinski definition) is 0. The Balaban J connectivity index is 1.45. The van der Waals surface area contributed by atoms with E-state index in [1.54, 1.807) is 35.2 Å². The molecule has 0 aliphatic carbocycles. The lowest BCUT2D eigenvalue weighted by molar-refractivity contribution is 0.0971. The molecule has 1 aromatic heterocycles. The molecule has 0 bridgehead atoms. The normalized spacial score (nSPS) is 14.7. The fourth-order valence-corrected chi connectivity index (χ4v) is 4.90. The summed E-state index contributed by atoms with van der Waals surface area (Å²) in [7, 11) is 0. The Kier molecular flexibility index (Phi) is 5.78. The summed E-state index contributed by atoms with van der Waals surface area (Å²) in [6.07, 6.45) is 0. The average molecular weight is 508 g/mol. The Morgan fingerprint density at radius 1 is 0.892 bits per heavy atom. The quantitative estimate of drug-likeness (QED) is 0.255. The SMILES string of the molecule is Cc1ccc(N2C(=O)c3oc4ccccc4c(=O)c3C2c2ccc(OCc3ccccc3)cc2)cc1Cl. The van der Waals surface area contributed by atoms with Crippen LogP contribution in [0.1, 0.15) is 38.9 Å². The van der Waals surface area contributed by atoms with Gasteiger partial charge in [0.25, 0.3) is 5.91 Å². The minimum absolute atomic E-state index is 0.0507. The van der Waals surface area contributed by atoms with E-state index < -0.39 is 6.04 Å². The van der Waals surface area contributed by atoms with Crippen LogP contribution >= 0.6 is 11.6 Å². The number of carbonyl (C=O) groups is 1. The van der Waals surface area contributed by atoms with Crippen molar-refractivity contribution in [1.29, 1.82) is 0 Å². The maximum atomic E-state index is 13.7. The first-order valence-corrected chi connectivity index (χ1v) is 12.3. The number of aryl methyl sites for hydroxylation is 1. The second kappa shape index (κ2) is 9.26. The maximum absolute atomic E-state index is 13.7. The number of ether oxygens (including phenoxy) is 1. The molecule has 0 saturated carbocycles. The standard InChI is InChI=1S/C31H22ClNO4/c1-19-11-14-22(17-25(19)32)33-28(21-12-15-23(16-13-21)36-18-20-7-3-2-4-8-20)27-29(34)24-9-5-6-10-26(24)37-30(27)31(33)35/h2-17,28H,18H2,1H3. The molecule has 5 aromatic rings. The molecule has 6 rings (SSSR count). The first-order valence-electron chi connectivity index (χ1n) is 11.9. The molecule has 0 saturated heterocycles. The number of para-hydroxylation sites is 1. The lowest BCUT2D eigenvalue weighted by Crippen LogP contribution is -2.29. The molecule has 0 spiro atoms. The number of halogens is 1. The lowest BCUT2D eigenvalue weighted by Gasteiger charge is -2.26. The second-order valence-corrected chi connectivity index (χ2v) is 9.43. The largest absolute Gasteiger partial charge is 0.489 e. The van der Waals surface area contributed by atoms with Crippen LogP contribution in [0.2, 0.25) is 5.02 Å². The summed E-state index contributed by atoms with van der Waals surface area (Å²) in [6, 6.07) is 29.1. The van der Waals surface area contributed by atoms with Crippen LogP contribution < -0.4 is 15.1 Å². The molecule has 1 atom stereocenters. The van der Waals surface area contributed by atoms with Crippen molar-refractivity contribution in [3.8, 4) is 5.75 Å². The third-order valence-electron chi connectivity index (χ3n) is 6.66. The summed E-state index contributed by atoms with van der Waals surface area (Å²) in [5.74, 6) is 0.356. The average Bonchev–Trinajstić information content (AvgIpc) is 3.22. The van der Waals surface area contributed by atoms with Gasteiger partial charge in [0.05, 0.1) is 17.0 Å². The fraction of sp³-hybridized carbons (Fsp3) is 0.0968. The highest BCUT2D eigenvalue weighted by molar-refractivity contribution is 6.31. The van der Waals surface area contributed by atoms with Gasteiger partial charge >= 0.3 is 0 Å². The van der Waals surface area contributed by atoms with E-state index in [-0.39, 0.29) is 17.1 Å². The van der Waals surface area contributed by atoms with Crippen LogP contribution in [0.25, 0.3) is 11.0 Å². The van der Waals surface area contributed by atoms with Crippen molar-refractivity contribution < 1.29 is 13.9 Å². The van der Waals surface area contributed by atoms with E-state index in [1.165, 1.54) is 0 Å². The summed E-state index contributed by atoms with van der Waals surface area (Å²) in [5, 5.41) is 0.972. The van der Waals surface area contributed by atoms with Gasteiger partial charge in [0.15, 0.2) is 5.43 Å². The molecule has 1 aliphatic heterocycles. The predicted octanol–water partition coefficient (Wildman–Crippen LogP) is 7.08. The lowest BCUT2D eigenvalue weighted by atomic mass is 9.98. The Bertz CT molecular complexity index is 1690. The molecule has 0 N–H and O–H groups in total. The summed E-state index contributed by atoms with van der Waals surface area (Å²) >= 11 is 6.43. The summed E-state index contributed by atoms with van der Waals surface area (Å²) in [4.78, 5) is 29.0. The minimum Gasteiger partial charge on any atom is -0.489 e. The molecule has 6 heteroatoms. The van der Waals surface area contributed by atoms with Crippen LogP contribution in [-0.2, 0) is 6.61 Å². The van der Waals surface area contributed by atoms with Gasteiger partial charge in [-0.15, -0.1) is 0 Å². The second-order valence-electron chi connectivity index (χ2n) is 9.02. The number of fused-ring (bicyclic) bond motifs is 2. The Morgan fingerprint density at radius 3 is 2.38 bits per heavy atom. The van der Waals surface area contributed by atoms with Crippen molar-refractivity contribution in [1.82, 2.24) is 0 Å². The van der Waals surface area contributed by atoms with E-state index >= 15 is 0 Å². The number of anilines is 1. The topological polar surface area (TPSA) is 59.8 Å². The molecule has 5 nitrogen and oxygen atoms in total. The van der Waals surface area contributed by atoms with E-state index in [2.05, 4.69) is 0 Å². The van der Waals surface area contributed by atoms with E-state index in [0.717, 1.165) is 16.7 Å². The van der Waals surface area contributed by atoms with E-state index in [1.807, 2.05) is 73.7 Å². The summed E-state index contributed by atoms with van der Waals surface area (Å²) in [5.41, 5.74) is 3.79. The Hall–Kier alpha value is -4.35. The van der Waals surface area contributed by atoms with Crippen molar-refractivity contribution >= 4 is 34.2 Å². The van der Waals surface area contributed by atoms with Crippen molar-refractivity contribution in [2.24, 2.45) is 0 Å². The molecule has 0 fully saturated rings. The van der Waals surface area contributed by atoms with Gasteiger partial charge in [-0.1, -0.05) is 72.3 Å². The van der Waals surface area contributed by atoms with Crippen molar-refractivity contribution in [3.05, 3.63) is 140 Å². The highest BCUT2D eigenvalue weighted by Crippen LogP contribution is 2.42. The number of rotatable bonds is 5. The van der Waals surface area contributed by atoms with Crippen molar-refractivity contribution in [2.45, 2.75) is 19.6 Å². The third-order valence-corrected chi connectivity index (χ3v) is 7.06. The minimum atomic E-state index is -0.676. The maximum Gasteiger partial charge on any atom is 0.295 e. The molecule has 182 valence electrons. The highest BCUT2D eigenvalue weighted by atomic mass is 35.5. The number of hydrogen-bond acceptors (Lipinski definition) is 4. The summed E-state index contributed by atoms with van der Waals surface area (Å²) < 4.78 is 12.0. The highest BCUT2D eigenvalue weighted by Gasteiger charge is 2.43. The molecule has 4 aromatic carbocycles. The number of nitrogens with zero attached hydrogens (tertiary/aromatic N) is 1. The van der Waals surface area contributed by atoms with Gasteiger partial charge < -0.3 is 9.15 Å². The molecule has 37 heavy (non-hydrogen) atoms. The van der Waals surface area contributed by atoms with E-state index in [9.17, 15) is 9.59 Å². The van der Waals surface area contributed by atoms with Crippen LogP contribution in [0.15, 0.2) is 106 Å². The Labute approximate surface area is 218 Å². The van der Waals surface area contributed by atoms with Crippen LogP contribution in [-0.4, -0.2) is 5.91 Å². The van der Waals surface area contributed by atoms with Crippen LogP contribution in [0.3, 0.4) is 0 Å². The van der Waals surface area contributed by atoms with Gasteiger partial charge in [-0.3, -0.25) is 14.5 Å². The number of carbonyl (C=O) groups excluding carboxylic acids is 1. The molecule has 1 unspecified atom stereocenters. The van der Waals surface area contributed by atoms with Crippen LogP contribution in [0.5, 0.6) is 5.75 Å². The fourth-order valence-electron chi connectivity index (χ4n) is 4.72. The zero-order valence-corrected chi connectivity index (χ0v) is 20.7. The predicted molar refractivity (Wildman–Crippen MR) is 145 cm³/mol. The van der Waals surface area contributed by atoms with Gasteiger partial charge in [0, 0.05) is 10.7 Å². The molecule has 1 amide bonds. The van der Waals surface area contributed by atoms with Gasteiger partial charge in [-0.25, -0.2) is 0 Å². The smallest absolute Gasteiger partial charge is 0.295 e. The Morgan fingerprint density at radius 2 is 1.62 bits per heavy atom. The zero-order valence-electron chi connectivity index (χ0n) is 20.0. The molecular weight excluding hydrogens is 486 g/mol. The van der Waals surface area contributed by atoms with Crippen LogP contribution in [0.4, 0.5) is 5.69 Å². The molecule has 1 aliphatic rings. The number of benzene rings is 4.